The number of hydrazone groups is 1. The second kappa shape index (κ2) is 7.76. The van der Waals surface area contributed by atoms with E-state index in [-0.39, 0.29) is 0 Å². The van der Waals surface area contributed by atoms with Gasteiger partial charge in [0.25, 0.3) is 0 Å². The summed E-state index contributed by atoms with van der Waals surface area (Å²) in [5.74, 6) is -1.68. The number of carbonyl (C=O) groups is 2. The Kier molecular flexibility index (Phi) is 5.73. The predicted octanol–water partition coefficient (Wildman–Crippen LogP) is 3.39. The molecule has 0 aliphatic rings. The van der Waals surface area contributed by atoms with Gasteiger partial charge in [-0.15, -0.1) is 0 Å². The lowest BCUT2D eigenvalue weighted by atomic mass is 10.2. The number of rotatable bonds is 3. The number of aryl methyl sites for hydroxylation is 1. The van der Waals surface area contributed by atoms with Crippen LogP contribution in [0.5, 0.6) is 0 Å². The molecule has 2 amide bonds. The van der Waals surface area contributed by atoms with Crippen molar-refractivity contribution < 1.29 is 9.59 Å². The summed E-state index contributed by atoms with van der Waals surface area (Å²) in [4.78, 5) is 23.3. The maximum absolute atomic E-state index is 11.7. The van der Waals surface area contributed by atoms with Crippen LogP contribution in [0.15, 0.2) is 47.6 Å². The molecule has 23 heavy (non-hydrogen) atoms. The van der Waals surface area contributed by atoms with E-state index in [4.69, 9.17) is 23.2 Å². The van der Waals surface area contributed by atoms with Crippen LogP contribution in [0.4, 0.5) is 5.69 Å². The van der Waals surface area contributed by atoms with E-state index in [1.807, 2.05) is 19.1 Å². The van der Waals surface area contributed by atoms with Gasteiger partial charge < -0.3 is 5.32 Å². The average molecular weight is 350 g/mol. The largest absolute Gasteiger partial charge is 0.329 e. The number of nitrogens with zero attached hydrogens (tertiary/aromatic N) is 1. The zero-order chi connectivity index (χ0) is 16.8. The fraction of sp³-hybridized carbons (Fsp3) is 0.0625. The highest BCUT2D eigenvalue weighted by Gasteiger charge is 2.12. The fourth-order valence-corrected chi connectivity index (χ4v) is 1.94. The topological polar surface area (TPSA) is 70.6 Å². The van der Waals surface area contributed by atoms with Gasteiger partial charge in [-0.3, -0.25) is 9.59 Å². The first-order valence-corrected chi connectivity index (χ1v) is 7.37. The van der Waals surface area contributed by atoms with E-state index in [1.165, 1.54) is 6.21 Å². The molecule has 0 saturated carbocycles. The minimum atomic E-state index is -0.873. The lowest BCUT2D eigenvalue weighted by Crippen LogP contribution is -2.32. The van der Waals surface area contributed by atoms with Crippen molar-refractivity contribution in [3.63, 3.8) is 0 Å². The number of anilines is 1. The lowest BCUT2D eigenvalue weighted by molar-refractivity contribution is -0.136. The van der Waals surface area contributed by atoms with Gasteiger partial charge in [0.2, 0.25) is 0 Å². The molecule has 118 valence electrons. The van der Waals surface area contributed by atoms with E-state index in [1.54, 1.807) is 30.3 Å². The molecule has 0 bridgehead atoms. The molecular weight excluding hydrogens is 337 g/mol. The van der Waals surface area contributed by atoms with Crippen LogP contribution in [0, 0.1) is 6.92 Å². The summed E-state index contributed by atoms with van der Waals surface area (Å²) in [5.41, 5.74) is 4.36. The SMILES string of the molecule is Cc1ccc(NC(=O)C(=O)N/N=C/c2ccc(Cl)c(Cl)c2)cc1. The molecule has 0 aliphatic heterocycles. The highest BCUT2D eigenvalue weighted by Crippen LogP contribution is 2.21. The first kappa shape index (κ1) is 17.0. The van der Waals surface area contributed by atoms with Gasteiger partial charge in [-0.05, 0) is 36.8 Å². The highest BCUT2D eigenvalue weighted by molar-refractivity contribution is 6.42. The van der Waals surface area contributed by atoms with E-state index in [0.29, 0.717) is 21.3 Å². The quantitative estimate of drug-likeness (QED) is 0.506. The molecule has 0 fully saturated rings. The zero-order valence-electron chi connectivity index (χ0n) is 12.1. The highest BCUT2D eigenvalue weighted by atomic mass is 35.5. The van der Waals surface area contributed by atoms with Crippen LogP contribution in [-0.2, 0) is 9.59 Å². The number of hydrogen-bond acceptors (Lipinski definition) is 3. The Bertz CT molecular complexity index is 758. The van der Waals surface area contributed by atoms with Crippen molar-refractivity contribution in [1.29, 1.82) is 0 Å². The van der Waals surface area contributed by atoms with Crippen molar-refractivity contribution >= 4 is 46.9 Å². The monoisotopic (exact) mass is 349 g/mol. The Balaban J connectivity index is 1.90. The van der Waals surface area contributed by atoms with E-state index in [0.717, 1.165) is 5.56 Å². The maximum atomic E-state index is 11.7. The summed E-state index contributed by atoms with van der Waals surface area (Å²) < 4.78 is 0. The number of amides is 2. The second-order valence-electron chi connectivity index (χ2n) is 4.69. The number of carbonyl (C=O) groups excluding carboxylic acids is 2. The van der Waals surface area contributed by atoms with Gasteiger partial charge in [-0.25, -0.2) is 5.43 Å². The van der Waals surface area contributed by atoms with Gasteiger partial charge >= 0.3 is 11.8 Å². The lowest BCUT2D eigenvalue weighted by Gasteiger charge is -2.04. The predicted molar refractivity (Wildman–Crippen MR) is 92.0 cm³/mol. The van der Waals surface area contributed by atoms with Crippen molar-refractivity contribution in [3.8, 4) is 0 Å². The Morgan fingerprint density at radius 2 is 1.70 bits per heavy atom. The van der Waals surface area contributed by atoms with Crippen LogP contribution in [0.1, 0.15) is 11.1 Å². The van der Waals surface area contributed by atoms with E-state index >= 15 is 0 Å². The molecule has 0 aromatic heterocycles. The fourth-order valence-electron chi connectivity index (χ4n) is 1.63. The Morgan fingerprint density at radius 3 is 2.35 bits per heavy atom. The number of nitrogens with one attached hydrogen (secondary N) is 2. The summed E-state index contributed by atoms with van der Waals surface area (Å²) in [5, 5.41) is 6.97. The molecule has 2 N–H and O–H groups in total. The molecule has 5 nitrogen and oxygen atoms in total. The summed E-state index contributed by atoms with van der Waals surface area (Å²) in [6, 6.07) is 11.9. The molecule has 0 unspecified atom stereocenters. The Hall–Kier alpha value is -2.37. The van der Waals surface area contributed by atoms with E-state index < -0.39 is 11.8 Å². The molecule has 0 atom stereocenters. The van der Waals surface area contributed by atoms with Crippen molar-refractivity contribution in [2.24, 2.45) is 5.10 Å². The van der Waals surface area contributed by atoms with Gasteiger partial charge in [0.1, 0.15) is 0 Å². The first-order chi connectivity index (χ1) is 11.0. The Labute approximate surface area is 143 Å². The van der Waals surface area contributed by atoms with Crippen LogP contribution in [0.25, 0.3) is 0 Å². The standard InChI is InChI=1S/C16H13Cl2N3O2/c1-10-2-5-12(6-3-10)20-15(22)16(23)21-19-9-11-4-7-13(17)14(18)8-11/h2-9H,1H3,(H,20,22)(H,21,23)/b19-9+. The zero-order valence-corrected chi connectivity index (χ0v) is 13.7. The van der Waals surface area contributed by atoms with Gasteiger partial charge in [0, 0.05) is 5.69 Å². The summed E-state index contributed by atoms with van der Waals surface area (Å²) >= 11 is 11.7. The Morgan fingerprint density at radius 1 is 1.00 bits per heavy atom. The molecule has 2 aromatic carbocycles. The van der Waals surface area contributed by atoms with Crippen molar-refractivity contribution in [2.45, 2.75) is 6.92 Å². The number of halogens is 2. The van der Waals surface area contributed by atoms with Gasteiger partial charge in [-0.1, -0.05) is 47.0 Å². The minimum Gasteiger partial charge on any atom is -0.318 e. The van der Waals surface area contributed by atoms with E-state index in [9.17, 15) is 9.59 Å². The van der Waals surface area contributed by atoms with Gasteiger partial charge in [-0.2, -0.15) is 5.10 Å². The van der Waals surface area contributed by atoms with Crippen LogP contribution >= 0.6 is 23.2 Å². The normalized spacial score (nSPS) is 10.6. The summed E-state index contributed by atoms with van der Waals surface area (Å²) in [6.45, 7) is 1.93. The third-order valence-corrected chi connectivity index (χ3v) is 3.58. The number of hydrogen-bond donors (Lipinski definition) is 2. The van der Waals surface area contributed by atoms with Crippen molar-refractivity contribution in [2.75, 3.05) is 5.32 Å². The number of benzene rings is 2. The van der Waals surface area contributed by atoms with Crippen LogP contribution < -0.4 is 10.7 Å². The second-order valence-corrected chi connectivity index (χ2v) is 5.51. The van der Waals surface area contributed by atoms with Gasteiger partial charge in [0.05, 0.1) is 16.3 Å². The van der Waals surface area contributed by atoms with Gasteiger partial charge in [0.15, 0.2) is 0 Å². The minimum absolute atomic E-state index is 0.374. The maximum Gasteiger partial charge on any atom is 0.329 e. The van der Waals surface area contributed by atoms with Crippen LogP contribution in [-0.4, -0.2) is 18.0 Å². The third kappa shape index (κ3) is 5.09. The molecule has 0 spiro atoms. The van der Waals surface area contributed by atoms with Crippen molar-refractivity contribution in [1.82, 2.24) is 5.43 Å². The molecule has 0 saturated heterocycles. The third-order valence-electron chi connectivity index (χ3n) is 2.84. The molecule has 2 rings (SSSR count). The molecule has 0 aliphatic carbocycles. The summed E-state index contributed by atoms with van der Waals surface area (Å²) in [6.07, 6.45) is 1.36. The molecule has 0 heterocycles. The average Bonchev–Trinajstić information content (AvgIpc) is 2.53. The molecule has 2 aromatic rings. The molecule has 7 heteroatoms. The smallest absolute Gasteiger partial charge is 0.318 e. The first-order valence-electron chi connectivity index (χ1n) is 6.62. The molecule has 0 radical (unpaired) electrons. The molecular formula is C16H13Cl2N3O2. The van der Waals surface area contributed by atoms with Crippen LogP contribution in [0.2, 0.25) is 10.0 Å². The van der Waals surface area contributed by atoms with Crippen molar-refractivity contribution in [3.05, 3.63) is 63.6 Å². The van der Waals surface area contributed by atoms with E-state index in [2.05, 4.69) is 15.8 Å². The van der Waals surface area contributed by atoms with Crippen LogP contribution in [0.3, 0.4) is 0 Å². The summed E-state index contributed by atoms with van der Waals surface area (Å²) in [7, 11) is 0.